The molecule has 4 rings (SSSR count). The zero-order valence-corrected chi connectivity index (χ0v) is 16.4. The average Bonchev–Trinajstić information content (AvgIpc) is 3.24. The second-order valence-electron chi connectivity index (χ2n) is 7.08. The highest BCUT2D eigenvalue weighted by Crippen LogP contribution is 2.26. The topological polar surface area (TPSA) is 111 Å². The van der Waals surface area contributed by atoms with Crippen molar-refractivity contribution in [2.45, 2.75) is 19.3 Å². The first-order valence-electron chi connectivity index (χ1n) is 9.72. The third-order valence-corrected chi connectivity index (χ3v) is 5.11. The maximum absolute atomic E-state index is 12.9. The quantitative estimate of drug-likeness (QED) is 0.554. The van der Waals surface area contributed by atoms with Gasteiger partial charge in [-0.25, -0.2) is 14.4 Å². The first kappa shape index (κ1) is 21.2. The van der Waals surface area contributed by atoms with Crippen molar-refractivity contribution >= 4 is 29.2 Å². The van der Waals surface area contributed by atoms with E-state index < -0.39 is 0 Å². The van der Waals surface area contributed by atoms with Gasteiger partial charge in [0.2, 0.25) is 5.91 Å². The number of fused-ring (bicyclic) bond motifs is 1. The number of halogens is 1. The molecule has 30 heavy (non-hydrogen) atoms. The summed E-state index contributed by atoms with van der Waals surface area (Å²) in [5.74, 6) is 1.13. The molecule has 0 aliphatic carbocycles. The highest BCUT2D eigenvalue weighted by molar-refractivity contribution is 5.87. The van der Waals surface area contributed by atoms with Gasteiger partial charge in [-0.15, -0.1) is 0 Å². The Hall–Kier alpha value is -3.49. The Balaban J connectivity index is 0.000000806. The van der Waals surface area contributed by atoms with E-state index in [1.807, 2.05) is 12.3 Å². The number of benzene rings is 1. The molecule has 0 radical (unpaired) electrons. The van der Waals surface area contributed by atoms with Gasteiger partial charge in [0.1, 0.15) is 23.6 Å². The van der Waals surface area contributed by atoms with E-state index in [0.29, 0.717) is 12.5 Å². The molecule has 9 heteroatoms. The van der Waals surface area contributed by atoms with Crippen LogP contribution in [0.15, 0.2) is 42.9 Å². The lowest BCUT2D eigenvalue weighted by Gasteiger charge is -2.33. The largest absolute Gasteiger partial charge is 0.483 e. The standard InChI is InChI=1S/C20H22FN5O.CH2O2/c21-16-3-1-14(2-4-16)11-18(27)23-12-15-6-9-26(10-7-15)20-17-5-8-22-19(17)24-13-25-20;2-1-3/h1-5,8,13,15H,6-7,9-12H2,(H,23,27)(H,22,24,25);1H,(H,2,3). The normalized spacial score (nSPS) is 14.1. The van der Waals surface area contributed by atoms with E-state index in [1.54, 1.807) is 18.5 Å². The summed E-state index contributed by atoms with van der Waals surface area (Å²) in [6.07, 6.45) is 5.77. The first-order valence-corrected chi connectivity index (χ1v) is 9.72. The van der Waals surface area contributed by atoms with Gasteiger partial charge in [-0.3, -0.25) is 9.59 Å². The van der Waals surface area contributed by atoms with Crippen LogP contribution in [0.5, 0.6) is 0 Å². The van der Waals surface area contributed by atoms with Crippen LogP contribution in [0, 0.1) is 11.7 Å². The summed E-state index contributed by atoms with van der Waals surface area (Å²) in [5.41, 5.74) is 1.68. The summed E-state index contributed by atoms with van der Waals surface area (Å²) in [5, 5.41) is 10.9. The van der Waals surface area contributed by atoms with Crippen LogP contribution in [0.3, 0.4) is 0 Å². The van der Waals surface area contributed by atoms with Crippen LogP contribution in [0.4, 0.5) is 10.2 Å². The molecule has 1 aliphatic rings. The highest BCUT2D eigenvalue weighted by Gasteiger charge is 2.22. The van der Waals surface area contributed by atoms with Gasteiger partial charge in [0.25, 0.3) is 6.47 Å². The molecule has 3 N–H and O–H groups in total. The van der Waals surface area contributed by atoms with Crippen molar-refractivity contribution in [3.8, 4) is 0 Å². The lowest BCUT2D eigenvalue weighted by atomic mass is 9.96. The van der Waals surface area contributed by atoms with Crippen LogP contribution in [0.2, 0.25) is 0 Å². The van der Waals surface area contributed by atoms with Crippen LogP contribution in [0.25, 0.3) is 11.0 Å². The summed E-state index contributed by atoms with van der Waals surface area (Å²) in [4.78, 5) is 34.6. The number of hydrogen-bond donors (Lipinski definition) is 3. The molecular formula is C21H24FN5O3. The zero-order valence-electron chi connectivity index (χ0n) is 16.4. The van der Waals surface area contributed by atoms with Crippen molar-refractivity contribution in [1.29, 1.82) is 0 Å². The minimum Gasteiger partial charge on any atom is -0.483 e. The Morgan fingerprint density at radius 3 is 2.63 bits per heavy atom. The molecule has 0 unspecified atom stereocenters. The van der Waals surface area contributed by atoms with E-state index in [-0.39, 0.29) is 24.6 Å². The SMILES string of the molecule is O=C(Cc1ccc(F)cc1)NCC1CCN(c2ncnc3[nH]ccc23)CC1.O=CO. The molecular weight excluding hydrogens is 389 g/mol. The molecule has 0 spiro atoms. The monoisotopic (exact) mass is 413 g/mol. The number of carbonyl (C=O) groups excluding carboxylic acids is 1. The number of anilines is 1. The second kappa shape index (κ2) is 10.3. The lowest BCUT2D eigenvalue weighted by Crippen LogP contribution is -2.39. The van der Waals surface area contributed by atoms with E-state index in [4.69, 9.17) is 9.90 Å². The molecule has 0 atom stereocenters. The maximum Gasteiger partial charge on any atom is 0.290 e. The number of nitrogens with zero attached hydrogens (tertiary/aromatic N) is 3. The van der Waals surface area contributed by atoms with Gasteiger partial charge in [0, 0.05) is 25.8 Å². The van der Waals surface area contributed by atoms with Crippen molar-refractivity contribution < 1.29 is 19.1 Å². The van der Waals surface area contributed by atoms with Gasteiger partial charge in [-0.05, 0) is 42.5 Å². The molecule has 1 saturated heterocycles. The van der Waals surface area contributed by atoms with Crippen LogP contribution in [-0.2, 0) is 16.0 Å². The van der Waals surface area contributed by atoms with Crippen LogP contribution in [0.1, 0.15) is 18.4 Å². The fraction of sp³-hybridized carbons (Fsp3) is 0.333. The van der Waals surface area contributed by atoms with E-state index in [2.05, 4.69) is 25.2 Å². The molecule has 3 heterocycles. The number of rotatable bonds is 5. The van der Waals surface area contributed by atoms with Crippen LogP contribution < -0.4 is 10.2 Å². The second-order valence-corrected chi connectivity index (χ2v) is 7.08. The lowest BCUT2D eigenvalue weighted by molar-refractivity contribution is -0.123. The number of H-pyrrole nitrogens is 1. The van der Waals surface area contributed by atoms with Crippen molar-refractivity contribution in [1.82, 2.24) is 20.3 Å². The number of aromatic nitrogens is 3. The molecule has 1 fully saturated rings. The van der Waals surface area contributed by atoms with Crippen molar-refractivity contribution in [3.05, 3.63) is 54.2 Å². The Morgan fingerprint density at radius 1 is 1.23 bits per heavy atom. The number of carboxylic acid groups (broad SMARTS) is 1. The van der Waals surface area contributed by atoms with Crippen LogP contribution in [-0.4, -0.2) is 52.1 Å². The minimum atomic E-state index is -0.286. The Morgan fingerprint density at radius 2 is 1.93 bits per heavy atom. The van der Waals surface area contributed by atoms with Crippen molar-refractivity contribution in [3.63, 3.8) is 0 Å². The Kier molecular flexibility index (Phi) is 7.31. The number of carbonyl (C=O) groups is 2. The Bertz CT molecular complexity index is 968. The van der Waals surface area contributed by atoms with Crippen molar-refractivity contribution in [2.24, 2.45) is 5.92 Å². The molecule has 158 valence electrons. The van der Waals surface area contributed by atoms with Crippen molar-refractivity contribution in [2.75, 3.05) is 24.5 Å². The van der Waals surface area contributed by atoms with E-state index in [9.17, 15) is 9.18 Å². The summed E-state index contributed by atoms with van der Waals surface area (Å²) in [6.45, 7) is 2.25. The molecule has 3 aromatic rings. The molecule has 2 aromatic heterocycles. The zero-order chi connectivity index (χ0) is 21.3. The smallest absolute Gasteiger partial charge is 0.290 e. The Labute approximate surface area is 173 Å². The minimum absolute atomic E-state index is 0.0196. The van der Waals surface area contributed by atoms with Gasteiger partial charge in [0.05, 0.1) is 11.8 Å². The third-order valence-electron chi connectivity index (χ3n) is 5.11. The number of hydrogen-bond acceptors (Lipinski definition) is 5. The number of nitrogens with one attached hydrogen (secondary N) is 2. The molecule has 8 nitrogen and oxygen atoms in total. The van der Waals surface area contributed by atoms with E-state index in [1.165, 1.54) is 12.1 Å². The maximum atomic E-state index is 12.9. The molecule has 1 aliphatic heterocycles. The molecule has 1 amide bonds. The molecule has 1 aromatic carbocycles. The van der Waals surface area contributed by atoms with Gasteiger partial charge in [-0.2, -0.15) is 0 Å². The number of aromatic amines is 1. The molecule has 0 saturated carbocycles. The summed E-state index contributed by atoms with van der Waals surface area (Å²) < 4.78 is 12.9. The summed E-state index contributed by atoms with van der Waals surface area (Å²) >= 11 is 0. The van der Waals surface area contributed by atoms with Gasteiger partial charge < -0.3 is 20.3 Å². The summed E-state index contributed by atoms with van der Waals surface area (Å²) in [7, 11) is 0. The van der Waals surface area contributed by atoms with Gasteiger partial charge in [0.15, 0.2) is 0 Å². The van der Waals surface area contributed by atoms with Crippen LogP contribution >= 0.6 is 0 Å². The van der Waals surface area contributed by atoms with Gasteiger partial charge in [-0.1, -0.05) is 12.1 Å². The number of amides is 1. The van der Waals surface area contributed by atoms with E-state index in [0.717, 1.165) is 48.3 Å². The average molecular weight is 413 g/mol. The predicted molar refractivity (Wildman–Crippen MR) is 111 cm³/mol. The fourth-order valence-corrected chi connectivity index (χ4v) is 3.57. The summed E-state index contributed by atoms with van der Waals surface area (Å²) in [6, 6.07) is 8.07. The number of piperidine rings is 1. The fourth-order valence-electron chi connectivity index (χ4n) is 3.57. The molecule has 0 bridgehead atoms. The van der Waals surface area contributed by atoms with Gasteiger partial charge >= 0.3 is 0 Å². The first-order chi connectivity index (χ1) is 14.6. The predicted octanol–water partition coefficient (Wildman–Crippen LogP) is 2.37. The van der Waals surface area contributed by atoms with E-state index >= 15 is 0 Å². The third kappa shape index (κ3) is 5.53. The highest BCUT2D eigenvalue weighted by atomic mass is 19.1.